The monoisotopic (exact) mass is 243 g/mol. The molecule has 0 unspecified atom stereocenters. The minimum absolute atomic E-state index is 0.419. The largest absolute Gasteiger partial charge is 0.294 e. The summed E-state index contributed by atoms with van der Waals surface area (Å²) in [6, 6.07) is 8.34. The van der Waals surface area contributed by atoms with Gasteiger partial charge in [0.15, 0.2) is 5.16 Å². The van der Waals surface area contributed by atoms with Crippen LogP contribution in [0.15, 0.2) is 35.7 Å². The van der Waals surface area contributed by atoms with Crippen LogP contribution in [0.5, 0.6) is 0 Å². The third kappa shape index (κ3) is 2.34. The summed E-state index contributed by atoms with van der Waals surface area (Å²) in [6.07, 6.45) is 3.71. The SMILES string of the molecule is Cc1cccc(C)c1-n1ccnc1SCC#N. The number of aromatic nitrogens is 2. The molecule has 0 saturated heterocycles. The lowest BCUT2D eigenvalue weighted by molar-refractivity contribution is 0.881. The molecule has 0 aliphatic carbocycles. The number of thioether (sulfide) groups is 1. The third-order valence-corrected chi connectivity index (χ3v) is 3.39. The summed E-state index contributed by atoms with van der Waals surface area (Å²) < 4.78 is 2.05. The maximum atomic E-state index is 8.63. The third-order valence-electron chi connectivity index (χ3n) is 2.55. The van der Waals surface area contributed by atoms with E-state index in [4.69, 9.17) is 5.26 Å². The topological polar surface area (TPSA) is 41.6 Å². The summed E-state index contributed by atoms with van der Waals surface area (Å²) in [7, 11) is 0. The molecule has 1 aromatic carbocycles. The zero-order chi connectivity index (χ0) is 12.3. The maximum Gasteiger partial charge on any atom is 0.173 e. The molecule has 0 amide bonds. The highest BCUT2D eigenvalue weighted by molar-refractivity contribution is 7.99. The molecule has 4 heteroatoms. The van der Waals surface area contributed by atoms with Crippen molar-refractivity contribution in [3.05, 3.63) is 41.7 Å². The highest BCUT2D eigenvalue weighted by Gasteiger charge is 2.09. The van der Waals surface area contributed by atoms with Crippen LogP contribution >= 0.6 is 11.8 Å². The van der Waals surface area contributed by atoms with Crippen LogP contribution in [-0.4, -0.2) is 15.3 Å². The summed E-state index contributed by atoms with van der Waals surface area (Å²) in [5.41, 5.74) is 3.58. The molecule has 2 rings (SSSR count). The van der Waals surface area contributed by atoms with E-state index in [2.05, 4.69) is 37.0 Å². The zero-order valence-corrected chi connectivity index (χ0v) is 10.7. The molecule has 0 radical (unpaired) electrons. The van der Waals surface area contributed by atoms with Gasteiger partial charge in [0.2, 0.25) is 0 Å². The summed E-state index contributed by atoms with van der Waals surface area (Å²) in [5, 5.41) is 9.49. The Hall–Kier alpha value is -1.73. The van der Waals surface area contributed by atoms with E-state index in [1.165, 1.54) is 22.9 Å². The van der Waals surface area contributed by atoms with Gasteiger partial charge in [-0.25, -0.2) is 4.98 Å². The highest BCUT2D eigenvalue weighted by atomic mass is 32.2. The molecular weight excluding hydrogens is 230 g/mol. The fourth-order valence-corrected chi connectivity index (χ4v) is 2.47. The van der Waals surface area contributed by atoms with E-state index < -0.39 is 0 Å². The number of para-hydroxylation sites is 1. The van der Waals surface area contributed by atoms with Gasteiger partial charge in [0.1, 0.15) is 0 Å². The fourth-order valence-electron chi connectivity index (χ4n) is 1.85. The van der Waals surface area contributed by atoms with Crippen LogP contribution in [0.1, 0.15) is 11.1 Å². The number of aryl methyl sites for hydroxylation is 2. The maximum absolute atomic E-state index is 8.63. The lowest BCUT2D eigenvalue weighted by Gasteiger charge is -2.12. The van der Waals surface area contributed by atoms with Crippen LogP contribution in [0.25, 0.3) is 5.69 Å². The van der Waals surface area contributed by atoms with Gasteiger partial charge in [-0.1, -0.05) is 30.0 Å². The Balaban J connectivity index is 2.47. The molecule has 0 bridgehead atoms. The fraction of sp³-hybridized carbons (Fsp3) is 0.231. The van der Waals surface area contributed by atoms with Crippen molar-refractivity contribution in [3.8, 4) is 11.8 Å². The minimum atomic E-state index is 0.419. The van der Waals surface area contributed by atoms with Crippen molar-refractivity contribution >= 4 is 11.8 Å². The molecule has 0 spiro atoms. The van der Waals surface area contributed by atoms with Crippen molar-refractivity contribution in [2.75, 3.05) is 5.75 Å². The van der Waals surface area contributed by atoms with Crippen molar-refractivity contribution in [1.82, 2.24) is 9.55 Å². The van der Waals surface area contributed by atoms with E-state index in [9.17, 15) is 0 Å². The average molecular weight is 243 g/mol. The second-order valence-corrected chi connectivity index (χ2v) is 4.71. The van der Waals surface area contributed by atoms with Crippen molar-refractivity contribution in [3.63, 3.8) is 0 Å². The Morgan fingerprint density at radius 2 is 2.06 bits per heavy atom. The molecule has 0 atom stereocenters. The molecule has 0 fully saturated rings. The molecule has 0 aliphatic heterocycles. The quantitative estimate of drug-likeness (QED) is 0.778. The van der Waals surface area contributed by atoms with Crippen molar-refractivity contribution in [2.24, 2.45) is 0 Å². The van der Waals surface area contributed by atoms with Gasteiger partial charge in [-0.15, -0.1) is 0 Å². The molecule has 17 heavy (non-hydrogen) atoms. The second-order valence-electron chi connectivity index (χ2n) is 3.77. The van der Waals surface area contributed by atoms with Crippen molar-refractivity contribution < 1.29 is 0 Å². The highest BCUT2D eigenvalue weighted by Crippen LogP contribution is 2.24. The Labute approximate surface area is 105 Å². The predicted molar refractivity (Wildman–Crippen MR) is 69.4 cm³/mol. The van der Waals surface area contributed by atoms with E-state index >= 15 is 0 Å². The molecule has 3 nitrogen and oxygen atoms in total. The van der Waals surface area contributed by atoms with Gasteiger partial charge in [-0.3, -0.25) is 4.57 Å². The van der Waals surface area contributed by atoms with Gasteiger partial charge in [-0.2, -0.15) is 5.26 Å². The first kappa shape index (κ1) is 11.7. The number of nitriles is 1. The molecule has 0 N–H and O–H groups in total. The van der Waals surface area contributed by atoms with Crippen LogP contribution < -0.4 is 0 Å². The zero-order valence-electron chi connectivity index (χ0n) is 9.84. The number of hydrogen-bond donors (Lipinski definition) is 0. The second kappa shape index (κ2) is 5.07. The molecule has 1 aromatic heterocycles. The van der Waals surface area contributed by atoms with Crippen molar-refractivity contribution in [1.29, 1.82) is 5.26 Å². The van der Waals surface area contributed by atoms with Crippen LogP contribution in [0.2, 0.25) is 0 Å². The van der Waals surface area contributed by atoms with Crippen molar-refractivity contribution in [2.45, 2.75) is 19.0 Å². The molecule has 2 aromatic rings. The number of nitrogens with zero attached hydrogens (tertiary/aromatic N) is 3. The lowest BCUT2D eigenvalue weighted by Crippen LogP contribution is -2.00. The molecule has 0 saturated carbocycles. The number of imidazole rings is 1. The molecular formula is C13H13N3S. The Kier molecular flexibility index (Phi) is 3.50. The first-order valence-corrected chi connectivity index (χ1v) is 6.32. The number of hydrogen-bond acceptors (Lipinski definition) is 3. The van der Waals surface area contributed by atoms with Crippen LogP contribution in [0.4, 0.5) is 0 Å². The lowest BCUT2D eigenvalue weighted by atomic mass is 10.1. The molecule has 86 valence electrons. The predicted octanol–water partition coefficient (Wildman–Crippen LogP) is 3.10. The summed E-state index contributed by atoms with van der Waals surface area (Å²) in [4.78, 5) is 4.29. The number of benzene rings is 1. The number of rotatable bonds is 3. The van der Waals surface area contributed by atoms with Crippen LogP contribution in [0.3, 0.4) is 0 Å². The van der Waals surface area contributed by atoms with E-state index in [1.54, 1.807) is 6.20 Å². The van der Waals surface area contributed by atoms with E-state index in [0.717, 1.165) is 10.8 Å². The minimum Gasteiger partial charge on any atom is -0.294 e. The van der Waals surface area contributed by atoms with Crippen LogP contribution in [0, 0.1) is 25.2 Å². The standard InChI is InChI=1S/C13H13N3S/c1-10-4-3-5-11(2)12(10)16-8-7-15-13(16)17-9-6-14/h3-5,7-8H,9H2,1-2H3. The average Bonchev–Trinajstić information content (AvgIpc) is 2.74. The van der Waals surface area contributed by atoms with Gasteiger partial charge >= 0.3 is 0 Å². The summed E-state index contributed by atoms with van der Waals surface area (Å²) in [5.74, 6) is 0.419. The molecule has 0 aliphatic rings. The summed E-state index contributed by atoms with van der Waals surface area (Å²) in [6.45, 7) is 4.17. The molecule has 1 heterocycles. The van der Waals surface area contributed by atoms with Gasteiger partial charge in [0.05, 0.1) is 17.5 Å². The van der Waals surface area contributed by atoms with E-state index in [1.807, 2.05) is 16.8 Å². The van der Waals surface area contributed by atoms with E-state index in [-0.39, 0.29) is 0 Å². The normalized spacial score (nSPS) is 10.2. The summed E-state index contributed by atoms with van der Waals surface area (Å²) >= 11 is 1.46. The van der Waals surface area contributed by atoms with Gasteiger partial charge in [0.25, 0.3) is 0 Å². The first-order chi connectivity index (χ1) is 8.24. The Morgan fingerprint density at radius 1 is 1.35 bits per heavy atom. The Morgan fingerprint density at radius 3 is 2.71 bits per heavy atom. The van der Waals surface area contributed by atoms with E-state index in [0.29, 0.717) is 5.75 Å². The van der Waals surface area contributed by atoms with Gasteiger partial charge < -0.3 is 0 Å². The van der Waals surface area contributed by atoms with Gasteiger partial charge in [-0.05, 0) is 25.0 Å². The Bertz CT molecular complexity index is 546. The first-order valence-electron chi connectivity index (χ1n) is 5.33. The van der Waals surface area contributed by atoms with Gasteiger partial charge in [0, 0.05) is 12.4 Å². The smallest absolute Gasteiger partial charge is 0.173 e. The van der Waals surface area contributed by atoms with Crippen LogP contribution in [-0.2, 0) is 0 Å².